The van der Waals surface area contributed by atoms with E-state index in [1.165, 1.54) is 37.1 Å². The average molecular weight is 428 g/mol. The van der Waals surface area contributed by atoms with Gasteiger partial charge in [0, 0.05) is 32.7 Å². The number of aliphatic imine (C=N–C) groups is 1. The van der Waals surface area contributed by atoms with E-state index in [0.717, 1.165) is 44.5 Å². The number of hydrogen-bond donors (Lipinski definition) is 2. The fraction of sp³-hybridized carbons (Fsp3) is 0.611. The molecule has 0 bridgehead atoms. The number of hydrogen-bond acceptors (Lipinski definition) is 4. The lowest BCUT2D eigenvalue weighted by molar-refractivity contribution is 0.176. The first-order valence-corrected chi connectivity index (χ1v) is 8.62. The van der Waals surface area contributed by atoms with Gasteiger partial charge in [-0.15, -0.1) is 24.0 Å². The molecule has 1 aromatic rings. The van der Waals surface area contributed by atoms with Gasteiger partial charge in [-0.05, 0) is 42.9 Å². The number of guanidine groups is 1. The van der Waals surface area contributed by atoms with Crippen LogP contribution in [0.1, 0.15) is 37.3 Å². The Bertz CT molecular complexity index is 500. The van der Waals surface area contributed by atoms with Gasteiger partial charge in [-0.25, -0.2) is 0 Å². The van der Waals surface area contributed by atoms with Crippen LogP contribution in [0.25, 0.3) is 0 Å². The normalized spacial score (nSPS) is 21.8. The Labute approximate surface area is 157 Å². The molecule has 0 spiro atoms. The molecule has 0 saturated carbocycles. The zero-order chi connectivity index (χ0) is 15.2. The SMILES string of the molecule is CC1CCCN(Cc2ccc(CNC3=NCCCN3)cc2)C1.I. The second-order valence-electron chi connectivity index (χ2n) is 6.66. The summed E-state index contributed by atoms with van der Waals surface area (Å²) in [5.41, 5.74) is 2.73. The van der Waals surface area contributed by atoms with Crippen molar-refractivity contribution in [2.24, 2.45) is 10.9 Å². The quantitative estimate of drug-likeness (QED) is 0.725. The van der Waals surface area contributed by atoms with Crippen molar-refractivity contribution in [1.29, 1.82) is 0 Å². The first kappa shape index (κ1) is 18.5. The van der Waals surface area contributed by atoms with Gasteiger partial charge in [-0.3, -0.25) is 9.89 Å². The number of likely N-dealkylation sites (tertiary alicyclic amines) is 1. The molecular formula is C18H29IN4. The van der Waals surface area contributed by atoms with Gasteiger partial charge in [0.15, 0.2) is 5.96 Å². The number of piperidine rings is 1. The average Bonchev–Trinajstić information content (AvgIpc) is 2.55. The van der Waals surface area contributed by atoms with Crippen LogP contribution in [0.3, 0.4) is 0 Å². The fourth-order valence-electron chi connectivity index (χ4n) is 3.29. The highest BCUT2D eigenvalue weighted by Crippen LogP contribution is 2.18. The lowest BCUT2D eigenvalue weighted by atomic mass is 9.99. The van der Waals surface area contributed by atoms with Gasteiger partial charge in [0.05, 0.1) is 0 Å². The number of rotatable bonds is 4. The van der Waals surface area contributed by atoms with Gasteiger partial charge in [0.1, 0.15) is 0 Å². The molecule has 1 saturated heterocycles. The Balaban J connectivity index is 0.00000192. The van der Waals surface area contributed by atoms with Crippen LogP contribution in [0.15, 0.2) is 29.3 Å². The summed E-state index contributed by atoms with van der Waals surface area (Å²) in [4.78, 5) is 7.02. The highest BCUT2D eigenvalue weighted by atomic mass is 127. The fourth-order valence-corrected chi connectivity index (χ4v) is 3.29. The first-order chi connectivity index (χ1) is 10.8. The largest absolute Gasteiger partial charge is 0.356 e. The minimum absolute atomic E-state index is 0. The van der Waals surface area contributed by atoms with E-state index in [1.54, 1.807) is 0 Å². The molecule has 0 amide bonds. The van der Waals surface area contributed by atoms with Crippen molar-refractivity contribution in [1.82, 2.24) is 15.5 Å². The Morgan fingerprint density at radius 1 is 1.22 bits per heavy atom. The molecule has 3 rings (SSSR count). The monoisotopic (exact) mass is 428 g/mol. The molecule has 2 N–H and O–H groups in total. The molecule has 5 heteroatoms. The topological polar surface area (TPSA) is 39.7 Å². The molecule has 0 radical (unpaired) electrons. The predicted molar refractivity (Wildman–Crippen MR) is 107 cm³/mol. The molecule has 2 aliphatic heterocycles. The molecule has 23 heavy (non-hydrogen) atoms. The van der Waals surface area contributed by atoms with Crippen LogP contribution < -0.4 is 10.6 Å². The lowest BCUT2D eigenvalue weighted by Crippen LogP contribution is -2.40. The first-order valence-electron chi connectivity index (χ1n) is 8.62. The summed E-state index contributed by atoms with van der Waals surface area (Å²) in [7, 11) is 0. The minimum Gasteiger partial charge on any atom is -0.356 e. The maximum atomic E-state index is 4.43. The second kappa shape index (κ2) is 9.47. The smallest absolute Gasteiger partial charge is 0.191 e. The Morgan fingerprint density at radius 2 is 2.00 bits per heavy atom. The van der Waals surface area contributed by atoms with Crippen LogP contribution in [0.2, 0.25) is 0 Å². The van der Waals surface area contributed by atoms with Crippen LogP contribution in [0.4, 0.5) is 0 Å². The maximum Gasteiger partial charge on any atom is 0.191 e. The van der Waals surface area contributed by atoms with Gasteiger partial charge in [-0.2, -0.15) is 0 Å². The highest BCUT2D eigenvalue weighted by Gasteiger charge is 2.16. The third kappa shape index (κ3) is 5.95. The Morgan fingerprint density at radius 3 is 2.70 bits per heavy atom. The van der Waals surface area contributed by atoms with Gasteiger partial charge in [0.25, 0.3) is 0 Å². The molecule has 1 aromatic carbocycles. The van der Waals surface area contributed by atoms with Gasteiger partial charge < -0.3 is 10.6 Å². The number of nitrogens with zero attached hydrogens (tertiary/aromatic N) is 2. The van der Waals surface area contributed by atoms with E-state index in [1.807, 2.05) is 0 Å². The maximum absolute atomic E-state index is 4.43. The van der Waals surface area contributed by atoms with E-state index in [9.17, 15) is 0 Å². The number of benzene rings is 1. The molecule has 1 unspecified atom stereocenters. The van der Waals surface area contributed by atoms with E-state index in [2.05, 4.69) is 51.7 Å². The molecule has 0 aliphatic carbocycles. The summed E-state index contributed by atoms with van der Waals surface area (Å²) in [5, 5.41) is 6.66. The van der Waals surface area contributed by atoms with E-state index in [4.69, 9.17) is 0 Å². The van der Waals surface area contributed by atoms with Crippen LogP contribution in [-0.2, 0) is 13.1 Å². The second-order valence-corrected chi connectivity index (χ2v) is 6.66. The van der Waals surface area contributed by atoms with Crippen LogP contribution >= 0.6 is 24.0 Å². The van der Waals surface area contributed by atoms with Crippen molar-refractivity contribution in [3.05, 3.63) is 35.4 Å². The van der Waals surface area contributed by atoms with Crippen molar-refractivity contribution in [2.75, 3.05) is 26.2 Å². The van der Waals surface area contributed by atoms with E-state index < -0.39 is 0 Å². The molecule has 2 heterocycles. The van der Waals surface area contributed by atoms with Crippen molar-refractivity contribution >= 4 is 29.9 Å². The zero-order valence-electron chi connectivity index (χ0n) is 14.1. The molecule has 128 valence electrons. The number of nitrogens with one attached hydrogen (secondary N) is 2. The predicted octanol–water partition coefficient (Wildman–Crippen LogP) is 2.98. The van der Waals surface area contributed by atoms with Gasteiger partial charge in [-0.1, -0.05) is 31.2 Å². The highest BCUT2D eigenvalue weighted by molar-refractivity contribution is 14.0. The Kier molecular flexibility index (Phi) is 7.62. The third-order valence-electron chi connectivity index (χ3n) is 4.53. The van der Waals surface area contributed by atoms with Crippen molar-refractivity contribution in [3.63, 3.8) is 0 Å². The molecular weight excluding hydrogens is 399 g/mol. The summed E-state index contributed by atoms with van der Waals surface area (Å²) < 4.78 is 0. The summed E-state index contributed by atoms with van der Waals surface area (Å²) in [6.45, 7) is 8.75. The van der Waals surface area contributed by atoms with Crippen molar-refractivity contribution in [2.45, 2.75) is 39.3 Å². The molecule has 2 aliphatic rings. The number of halogens is 1. The van der Waals surface area contributed by atoms with Gasteiger partial charge >= 0.3 is 0 Å². The summed E-state index contributed by atoms with van der Waals surface area (Å²) in [6.07, 6.45) is 3.87. The van der Waals surface area contributed by atoms with Crippen LogP contribution in [0, 0.1) is 5.92 Å². The zero-order valence-corrected chi connectivity index (χ0v) is 16.4. The van der Waals surface area contributed by atoms with Gasteiger partial charge in [0.2, 0.25) is 0 Å². The molecule has 4 nitrogen and oxygen atoms in total. The Hall–Kier alpha value is -0.820. The van der Waals surface area contributed by atoms with Crippen LogP contribution in [0.5, 0.6) is 0 Å². The third-order valence-corrected chi connectivity index (χ3v) is 4.53. The molecule has 0 aromatic heterocycles. The van der Waals surface area contributed by atoms with Crippen molar-refractivity contribution in [3.8, 4) is 0 Å². The minimum atomic E-state index is 0. The summed E-state index contributed by atoms with van der Waals surface area (Å²) in [5.74, 6) is 1.79. The van der Waals surface area contributed by atoms with E-state index >= 15 is 0 Å². The lowest BCUT2D eigenvalue weighted by Gasteiger charge is -2.30. The van der Waals surface area contributed by atoms with E-state index in [0.29, 0.717) is 0 Å². The molecule has 1 fully saturated rings. The standard InChI is InChI=1S/C18H28N4.HI/c1-15-4-2-11-22(13-15)14-17-7-5-16(6-8-17)12-21-18-19-9-3-10-20-18;/h5-8,15H,2-4,9-14H2,1H3,(H2,19,20,21);1H. The van der Waals surface area contributed by atoms with Crippen LogP contribution in [-0.4, -0.2) is 37.0 Å². The van der Waals surface area contributed by atoms with Crippen molar-refractivity contribution < 1.29 is 0 Å². The van der Waals surface area contributed by atoms with E-state index in [-0.39, 0.29) is 24.0 Å². The summed E-state index contributed by atoms with van der Waals surface area (Å²) in [6, 6.07) is 9.01. The summed E-state index contributed by atoms with van der Waals surface area (Å²) >= 11 is 0. The molecule has 1 atom stereocenters.